The first kappa shape index (κ1) is 12.3. The predicted octanol–water partition coefficient (Wildman–Crippen LogP) is 3.75. The Morgan fingerprint density at radius 3 is 2.71 bits per heavy atom. The maximum atomic E-state index is 11.9. The third-order valence-electron chi connectivity index (χ3n) is 1.79. The fourth-order valence-electron chi connectivity index (χ4n) is 1.09. The third-order valence-corrected chi connectivity index (χ3v) is 4.84. The van der Waals surface area contributed by atoms with E-state index in [2.05, 4.69) is 31.9 Å². The van der Waals surface area contributed by atoms with E-state index in [0.717, 1.165) is 10.5 Å². The Bertz CT molecular complexity index is 328. The Labute approximate surface area is 105 Å². The lowest BCUT2D eigenvalue weighted by atomic mass is 10.1. The van der Waals surface area contributed by atoms with E-state index < -0.39 is 0 Å². The summed E-state index contributed by atoms with van der Waals surface area (Å²) in [6.45, 7) is 0. The van der Waals surface area contributed by atoms with Crippen molar-refractivity contribution >= 4 is 49.4 Å². The number of ketones is 1. The van der Waals surface area contributed by atoms with Gasteiger partial charge in [-0.15, -0.1) is 11.8 Å². The van der Waals surface area contributed by atoms with Gasteiger partial charge in [0.1, 0.15) is 0 Å². The number of hydrogen-bond donors (Lipinski definition) is 0. The molecule has 0 radical (unpaired) electrons. The number of thioether (sulfide) groups is 1. The van der Waals surface area contributed by atoms with Crippen molar-refractivity contribution in [3.8, 4) is 0 Å². The van der Waals surface area contributed by atoms with Gasteiger partial charge >= 0.3 is 0 Å². The van der Waals surface area contributed by atoms with Gasteiger partial charge in [-0.05, 0) is 12.3 Å². The molecule has 0 heterocycles. The largest absolute Gasteiger partial charge is 0.293 e. The number of rotatable bonds is 4. The van der Waals surface area contributed by atoms with E-state index in [9.17, 15) is 4.79 Å². The molecule has 1 aromatic rings. The first-order chi connectivity index (χ1) is 6.70. The molecule has 0 aliphatic carbocycles. The van der Waals surface area contributed by atoms with Crippen molar-refractivity contribution < 1.29 is 4.79 Å². The number of alkyl halides is 2. The minimum Gasteiger partial charge on any atom is -0.293 e. The predicted molar refractivity (Wildman–Crippen MR) is 69.1 cm³/mol. The van der Waals surface area contributed by atoms with Gasteiger partial charge in [-0.1, -0.05) is 50.1 Å². The van der Waals surface area contributed by atoms with Gasteiger partial charge in [0.25, 0.3) is 0 Å². The molecule has 1 rings (SSSR count). The van der Waals surface area contributed by atoms with Crippen molar-refractivity contribution in [3.05, 3.63) is 29.8 Å². The molecule has 0 saturated carbocycles. The van der Waals surface area contributed by atoms with Gasteiger partial charge in [0, 0.05) is 15.8 Å². The van der Waals surface area contributed by atoms with Crippen molar-refractivity contribution in [2.45, 2.75) is 9.72 Å². The van der Waals surface area contributed by atoms with Gasteiger partial charge in [0.2, 0.25) is 0 Å². The highest BCUT2D eigenvalue weighted by Gasteiger charge is 2.17. The Hall–Kier alpha value is 0.200. The van der Waals surface area contributed by atoms with Crippen molar-refractivity contribution in [3.63, 3.8) is 0 Å². The highest BCUT2D eigenvalue weighted by atomic mass is 79.9. The van der Waals surface area contributed by atoms with Crippen LogP contribution in [0.25, 0.3) is 0 Å². The van der Waals surface area contributed by atoms with E-state index in [-0.39, 0.29) is 10.6 Å². The standard InChI is InChI=1S/C10H10Br2OS/c1-14-9-5-3-2-4-7(9)10(13)8(12)6-11/h2-5,8H,6H2,1H3. The highest BCUT2D eigenvalue weighted by molar-refractivity contribution is 9.12. The van der Waals surface area contributed by atoms with E-state index in [1.54, 1.807) is 11.8 Å². The molecule has 0 saturated heterocycles. The summed E-state index contributed by atoms with van der Waals surface area (Å²) in [4.78, 5) is 12.8. The molecule has 4 heteroatoms. The van der Waals surface area contributed by atoms with Crippen LogP contribution < -0.4 is 0 Å². The summed E-state index contributed by atoms with van der Waals surface area (Å²) in [5, 5.41) is 0.633. The number of carbonyl (C=O) groups excluding carboxylic acids is 1. The Morgan fingerprint density at radius 2 is 2.14 bits per heavy atom. The minimum atomic E-state index is -0.143. The van der Waals surface area contributed by atoms with Crippen LogP contribution in [-0.4, -0.2) is 22.2 Å². The van der Waals surface area contributed by atoms with Crippen LogP contribution in [0.3, 0.4) is 0 Å². The van der Waals surface area contributed by atoms with Crippen LogP contribution >= 0.6 is 43.6 Å². The summed E-state index contributed by atoms with van der Waals surface area (Å²) < 4.78 is 0. The smallest absolute Gasteiger partial charge is 0.178 e. The van der Waals surface area contributed by atoms with Gasteiger partial charge < -0.3 is 0 Å². The fraction of sp³-hybridized carbons (Fsp3) is 0.300. The summed E-state index contributed by atoms with van der Waals surface area (Å²) in [5.41, 5.74) is 0.793. The molecule has 1 aromatic carbocycles. The molecule has 0 aliphatic heterocycles. The molecule has 0 spiro atoms. The molecule has 0 aromatic heterocycles. The zero-order chi connectivity index (χ0) is 10.6. The number of benzene rings is 1. The molecule has 0 fully saturated rings. The molecule has 0 aliphatic rings. The second-order valence-electron chi connectivity index (χ2n) is 2.69. The summed E-state index contributed by atoms with van der Waals surface area (Å²) in [7, 11) is 0. The second kappa shape index (κ2) is 5.93. The van der Waals surface area contributed by atoms with Crippen LogP contribution in [-0.2, 0) is 0 Å². The van der Waals surface area contributed by atoms with Crippen LogP contribution in [0.15, 0.2) is 29.2 Å². The SMILES string of the molecule is CSc1ccccc1C(=O)C(Br)CBr. The van der Waals surface area contributed by atoms with Gasteiger partial charge in [0.15, 0.2) is 5.78 Å². The average molecular weight is 338 g/mol. The maximum absolute atomic E-state index is 11.9. The molecule has 0 bridgehead atoms. The third kappa shape index (κ3) is 2.84. The van der Waals surface area contributed by atoms with Crippen molar-refractivity contribution in [2.75, 3.05) is 11.6 Å². The molecule has 0 N–H and O–H groups in total. The van der Waals surface area contributed by atoms with Crippen LogP contribution in [0.5, 0.6) is 0 Å². The zero-order valence-electron chi connectivity index (χ0n) is 7.67. The molecule has 1 nitrogen and oxygen atoms in total. The summed E-state index contributed by atoms with van der Waals surface area (Å²) in [6.07, 6.45) is 1.98. The highest BCUT2D eigenvalue weighted by Crippen LogP contribution is 2.23. The van der Waals surface area contributed by atoms with Crippen LogP contribution in [0.4, 0.5) is 0 Å². The normalized spacial score (nSPS) is 12.5. The average Bonchev–Trinajstić information content (AvgIpc) is 2.26. The maximum Gasteiger partial charge on any atom is 0.178 e. The Kier molecular flexibility index (Phi) is 5.20. The summed E-state index contributed by atoms with van der Waals surface area (Å²) >= 11 is 8.22. The van der Waals surface area contributed by atoms with E-state index in [1.807, 2.05) is 30.5 Å². The van der Waals surface area contributed by atoms with E-state index in [1.165, 1.54) is 0 Å². The fourth-order valence-corrected chi connectivity index (χ4v) is 2.23. The quantitative estimate of drug-likeness (QED) is 0.473. The van der Waals surface area contributed by atoms with E-state index in [0.29, 0.717) is 5.33 Å². The number of halogens is 2. The molecular formula is C10H10Br2OS. The van der Waals surface area contributed by atoms with Crippen LogP contribution in [0.1, 0.15) is 10.4 Å². The van der Waals surface area contributed by atoms with Crippen molar-refractivity contribution in [2.24, 2.45) is 0 Å². The Morgan fingerprint density at radius 1 is 1.50 bits per heavy atom. The molecule has 14 heavy (non-hydrogen) atoms. The molecule has 0 amide bonds. The first-order valence-corrected chi connectivity index (χ1v) is 7.34. The molecule has 76 valence electrons. The lowest BCUT2D eigenvalue weighted by Gasteiger charge is -2.08. The number of carbonyl (C=O) groups is 1. The van der Waals surface area contributed by atoms with Crippen molar-refractivity contribution in [1.29, 1.82) is 0 Å². The molecular weight excluding hydrogens is 328 g/mol. The summed E-state index contributed by atoms with van der Waals surface area (Å²) in [5.74, 6) is 0.131. The first-order valence-electron chi connectivity index (χ1n) is 4.08. The van der Waals surface area contributed by atoms with Gasteiger partial charge in [-0.2, -0.15) is 0 Å². The lowest BCUT2D eigenvalue weighted by molar-refractivity contribution is 0.0994. The van der Waals surface area contributed by atoms with Gasteiger partial charge in [-0.3, -0.25) is 4.79 Å². The van der Waals surface area contributed by atoms with Gasteiger partial charge in [-0.25, -0.2) is 0 Å². The minimum absolute atomic E-state index is 0.131. The monoisotopic (exact) mass is 336 g/mol. The van der Waals surface area contributed by atoms with Crippen LogP contribution in [0.2, 0.25) is 0 Å². The molecule has 1 atom stereocenters. The number of hydrogen-bond acceptors (Lipinski definition) is 2. The van der Waals surface area contributed by atoms with Gasteiger partial charge in [0.05, 0.1) is 4.83 Å². The zero-order valence-corrected chi connectivity index (χ0v) is 11.7. The topological polar surface area (TPSA) is 17.1 Å². The second-order valence-corrected chi connectivity index (χ2v) is 5.29. The van der Waals surface area contributed by atoms with E-state index in [4.69, 9.17) is 0 Å². The van der Waals surface area contributed by atoms with Crippen molar-refractivity contribution in [1.82, 2.24) is 0 Å². The lowest BCUT2D eigenvalue weighted by Crippen LogP contribution is -2.16. The summed E-state index contributed by atoms with van der Waals surface area (Å²) in [6, 6.07) is 7.66. The van der Waals surface area contributed by atoms with Crippen LogP contribution in [0, 0.1) is 0 Å². The molecule has 1 unspecified atom stereocenters. The number of Topliss-reactive ketones (excluding diaryl/α,β-unsaturated/α-hetero) is 1. The Balaban J connectivity index is 3.00. The van der Waals surface area contributed by atoms with E-state index >= 15 is 0 Å².